The van der Waals surface area contributed by atoms with Gasteiger partial charge >= 0.3 is 17.6 Å². The molecule has 10 rings (SSSR count). The number of carbonyl (C=O) groups is 2. The van der Waals surface area contributed by atoms with Crippen molar-refractivity contribution < 1.29 is 52.6 Å². The van der Waals surface area contributed by atoms with Crippen molar-refractivity contribution in [3.05, 3.63) is 161 Å². The summed E-state index contributed by atoms with van der Waals surface area (Å²) in [5, 5.41) is 31.2. The van der Waals surface area contributed by atoms with Crippen LogP contribution in [-0.2, 0) is 0 Å². The van der Waals surface area contributed by atoms with E-state index in [-0.39, 0.29) is 46.2 Å². The highest BCUT2D eigenvalue weighted by atomic mass is 127. The third-order valence-electron chi connectivity index (χ3n) is 11.9. The fourth-order valence-electron chi connectivity index (χ4n) is 8.66. The Balaban J connectivity index is 0.000000183. The first-order valence-corrected chi connectivity index (χ1v) is 23.8. The molecular formula is C54H45IN5O7S2-. The molecule has 12 nitrogen and oxygen atoms in total. The highest BCUT2D eigenvalue weighted by Crippen LogP contribution is 2.43. The predicted molar refractivity (Wildman–Crippen MR) is 274 cm³/mol. The first-order valence-electron chi connectivity index (χ1n) is 22.2. The van der Waals surface area contributed by atoms with Crippen molar-refractivity contribution >= 4 is 88.4 Å². The van der Waals surface area contributed by atoms with Crippen LogP contribution in [0.15, 0.2) is 147 Å². The van der Waals surface area contributed by atoms with Crippen molar-refractivity contribution in [3.8, 4) is 43.4 Å². The van der Waals surface area contributed by atoms with Crippen LogP contribution in [-0.4, -0.2) is 58.3 Å². The molecule has 4 heterocycles. The van der Waals surface area contributed by atoms with E-state index in [9.17, 15) is 24.6 Å². The number of aromatic carboxylic acids is 2. The van der Waals surface area contributed by atoms with E-state index in [1.165, 1.54) is 22.7 Å². The number of nitrogens with one attached hydrogen (secondary N) is 1. The van der Waals surface area contributed by atoms with Crippen LogP contribution in [0.3, 0.4) is 0 Å². The lowest BCUT2D eigenvalue weighted by Gasteiger charge is -2.22. The van der Waals surface area contributed by atoms with Gasteiger partial charge in [-0.3, -0.25) is 5.41 Å². The Labute approximate surface area is 421 Å². The van der Waals surface area contributed by atoms with Crippen molar-refractivity contribution in [1.82, 2.24) is 9.97 Å². The third kappa shape index (κ3) is 9.24. The molecule has 348 valence electrons. The molecule has 15 heteroatoms. The van der Waals surface area contributed by atoms with Crippen LogP contribution in [0, 0.1) is 5.41 Å². The molecule has 10 aromatic rings. The molecule has 0 spiro atoms. The molecule has 0 atom stereocenters. The average molecular weight is 1070 g/mol. The van der Waals surface area contributed by atoms with Gasteiger partial charge in [-0.05, 0) is 99.5 Å². The molecule has 0 aliphatic heterocycles. The summed E-state index contributed by atoms with van der Waals surface area (Å²) >= 11 is 2.85. The van der Waals surface area contributed by atoms with Gasteiger partial charge in [0.15, 0.2) is 0 Å². The Hall–Kier alpha value is -7.21. The lowest BCUT2D eigenvalue weighted by Crippen LogP contribution is -3.00. The second kappa shape index (κ2) is 20.6. The minimum Gasteiger partial charge on any atom is -1.00 e. The number of benzene rings is 6. The maximum absolute atomic E-state index is 13.4. The van der Waals surface area contributed by atoms with Crippen LogP contribution < -0.4 is 45.0 Å². The summed E-state index contributed by atoms with van der Waals surface area (Å²) in [5.41, 5.74) is 7.12. The summed E-state index contributed by atoms with van der Waals surface area (Å²) in [4.78, 5) is 51.5. The number of halogens is 1. The maximum Gasteiger partial charge on any atom is 0.347 e. The Bertz CT molecular complexity index is 3380. The molecule has 0 saturated heterocycles. The largest absolute Gasteiger partial charge is 1.00 e. The van der Waals surface area contributed by atoms with Crippen molar-refractivity contribution in [2.45, 2.75) is 27.7 Å². The van der Waals surface area contributed by atoms with Crippen LogP contribution in [0.4, 0.5) is 11.4 Å². The monoisotopic (exact) mass is 1070 g/mol. The second-order valence-electron chi connectivity index (χ2n) is 15.7. The summed E-state index contributed by atoms with van der Waals surface area (Å²) in [5.74, 6) is -2.09. The number of anilines is 2. The molecule has 0 fully saturated rings. The van der Waals surface area contributed by atoms with Gasteiger partial charge in [0.25, 0.3) is 0 Å². The molecule has 69 heavy (non-hydrogen) atoms. The molecule has 0 saturated carbocycles. The number of carboxylic acids is 2. The molecule has 0 aliphatic carbocycles. The lowest BCUT2D eigenvalue weighted by molar-refractivity contribution is -0.0000446. The Morgan fingerprint density at radius 1 is 0.551 bits per heavy atom. The summed E-state index contributed by atoms with van der Waals surface area (Å²) in [6.45, 7) is 11.6. The van der Waals surface area contributed by atoms with Crippen LogP contribution in [0.25, 0.3) is 85.8 Å². The second-order valence-corrected chi connectivity index (χ2v) is 17.8. The van der Waals surface area contributed by atoms with E-state index in [1.54, 1.807) is 42.5 Å². The van der Waals surface area contributed by atoms with Gasteiger partial charge in [0.05, 0.1) is 37.1 Å². The fraction of sp³-hybridized carbons (Fsp3) is 0.148. The maximum atomic E-state index is 13.4. The van der Waals surface area contributed by atoms with Gasteiger partial charge in [-0.2, -0.15) is 0 Å². The number of thiazole rings is 2. The molecule has 0 aliphatic rings. The number of fused-ring (bicyclic) bond motifs is 4. The number of aromatic nitrogens is 2. The van der Waals surface area contributed by atoms with Gasteiger partial charge in [0.1, 0.15) is 26.7 Å². The van der Waals surface area contributed by atoms with Crippen LogP contribution in [0.1, 0.15) is 48.4 Å². The van der Waals surface area contributed by atoms with Gasteiger partial charge in [-0.15, -0.1) is 22.7 Å². The molecule has 0 radical (unpaired) electrons. The van der Waals surface area contributed by atoms with Crippen molar-refractivity contribution in [1.29, 1.82) is 5.41 Å². The zero-order valence-corrected chi connectivity index (χ0v) is 41.7. The van der Waals surface area contributed by atoms with E-state index in [1.807, 2.05) is 91.0 Å². The number of hydrogen-bond donors (Lipinski definition) is 3. The van der Waals surface area contributed by atoms with Crippen molar-refractivity contribution in [3.63, 3.8) is 0 Å². The summed E-state index contributed by atoms with van der Waals surface area (Å²) < 4.78 is 13.8. The minimum atomic E-state index is -1.06. The quantitative estimate of drug-likeness (QED) is 0.0785. The summed E-state index contributed by atoms with van der Waals surface area (Å²) in [6, 6.07) is 40.7. The third-order valence-corrected chi connectivity index (χ3v) is 14.0. The van der Waals surface area contributed by atoms with E-state index in [0.717, 1.165) is 63.4 Å². The highest BCUT2D eigenvalue weighted by Gasteiger charge is 2.26. The van der Waals surface area contributed by atoms with Gasteiger partial charge in [-0.25, -0.2) is 24.4 Å². The van der Waals surface area contributed by atoms with E-state index in [0.29, 0.717) is 54.4 Å². The Kier molecular flexibility index (Phi) is 14.4. The predicted octanol–water partition coefficient (Wildman–Crippen LogP) is 9.69. The zero-order valence-electron chi connectivity index (χ0n) is 37.9. The molecule has 0 bridgehead atoms. The van der Waals surface area contributed by atoms with Gasteiger partial charge < -0.3 is 52.8 Å². The number of nitrogens with zero attached hydrogens (tertiary/aromatic N) is 4. The van der Waals surface area contributed by atoms with Crippen molar-refractivity contribution in [2.24, 2.45) is 0 Å². The van der Waals surface area contributed by atoms with Crippen molar-refractivity contribution in [2.75, 3.05) is 36.0 Å². The first kappa shape index (κ1) is 48.3. The summed E-state index contributed by atoms with van der Waals surface area (Å²) in [6.07, 6.45) is 0. The minimum absolute atomic E-state index is 0. The Morgan fingerprint density at radius 3 is 1.41 bits per heavy atom. The first-order chi connectivity index (χ1) is 33.0. The van der Waals surface area contributed by atoms with E-state index >= 15 is 0 Å². The van der Waals surface area contributed by atoms with E-state index in [4.69, 9.17) is 19.2 Å². The topological polar surface area (TPSA) is 174 Å². The smallest absolute Gasteiger partial charge is 0.347 e. The normalized spacial score (nSPS) is 11.1. The molecule has 4 aromatic heterocycles. The van der Waals surface area contributed by atoms with E-state index in [2.05, 4.69) is 42.5 Å². The number of rotatable bonds is 12. The Morgan fingerprint density at radius 2 is 0.957 bits per heavy atom. The molecule has 6 aromatic carbocycles. The average Bonchev–Trinajstić information content (AvgIpc) is 3.99. The zero-order chi connectivity index (χ0) is 47.6. The molecule has 0 amide bonds. The van der Waals surface area contributed by atoms with Crippen LogP contribution in [0.2, 0.25) is 0 Å². The van der Waals surface area contributed by atoms with Crippen LogP contribution in [0.5, 0.6) is 0 Å². The lowest BCUT2D eigenvalue weighted by atomic mass is 9.93. The highest BCUT2D eigenvalue weighted by molar-refractivity contribution is 7.22. The van der Waals surface area contributed by atoms with Gasteiger partial charge in [0.2, 0.25) is 5.55 Å². The molecule has 0 unspecified atom stereocenters. The molecule has 3 N–H and O–H groups in total. The van der Waals surface area contributed by atoms with E-state index < -0.39 is 17.6 Å². The summed E-state index contributed by atoms with van der Waals surface area (Å²) in [7, 11) is 0. The SMILES string of the molecule is CCN(CC)c1ccc2c(-c3ccccc3C(=O)O)c(-c3nc4ccccc4s3)c(=N)oc2c1.CCN(CC)c1ccc2c(-c3ccccc3C(=O)O)c(-c3nc4ccccc4s3)c(=O)oc2c1.[I-]. The van der Waals surface area contributed by atoms with Gasteiger partial charge in [-0.1, -0.05) is 60.7 Å². The van der Waals surface area contributed by atoms with Crippen LogP contribution >= 0.6 is 22.7 Å². The van der Waals surface area contributed by atoms with Gasteiger partial charge in [0, 0.05) is 71.6 Å². The standard InChI is InChI=1S/C27H23N3O3S.C27H22N2O4S.HI/c1-3-30(4-2)16-13-14-19-21(15-16)33-25(28)24(26-29-20-11-7-8-12-22(20)34-26)23(19)17-9-5-6-10-18(17)27(31)32;1-3-29(4-2)16-13-14-19-21(15-16)33-27(32)24(25-28-20-11-7-8-12-22(20)34-25)23(19)17-9-5-6-10-18(17)26(30)31;/h5-15,28H,3-4H2,1-2H3,(H,31,32);5-15H,3-4H2,1-2H3,(H,30,31);1H/p-1. The number of carboxylic acid groups (broad SMARTS) is 2. The number of para-hydroxylation sites is 2. The number of hydrogen-bond acceptors (Lipinski definition) is 12. The fourth-order valence-corrected chi connectivity index (χ4v) is 10.7. The molecular weight excluding hydrogens is 1020 g/mol.